The number of ether oxygens (including phenoxy) is 1. The monoisotopic (exact) mass is 300 g/mol. The molecule has 2 aromatic rings. The zero-order chi connectivity index (χ0) is 14.9. The lowest BCUT2D eigenvalue weighted by molar-refractivity contribution is 0.115. The van der Waals surface area contributed by atoms with Gasteiger partial charge in [0.1, 0.15) is 6.61 Å². The molecule has 1 unspecified atom stereocenters. The third-order valence-corrected chi connectivity index (χ3v) is 4.05. The van der Waals surface area contributed by atoms with Crippen molar-refractivity contribution in [2.75, 3.05) is 26.2 Å². The molecule has 1 atom stereocenters. The fourth-order valence-corrected chi connectivity index (χ4v) is 2.92. The molecule has 2 aromatic heterocycles. The molecule has 0 bridgehead atoms. The third kappa shape index (κ3) is 2.43. The lowest BCUT2D eigenvalue weighted by atomic mass is 10.2. The molecule has 0 spiro atoms. The van der Waals surface area contributed by atoms with Crippen LogP contribution >= 0.6 is 0 Å². The van der Waals surface area contributed by atoms with Gasteiger partial charge < -0.3 is 9.15 Å². The highest BCUT2D eigenvalue weighted by Crippen LogP contribution is 2.19. The zero-order valence-electron chi connectivity index (χ0n) is 12.0. The van der Waals surface area contributed by atoms with Crippen molar-refractivity contribution in [2.45, 2.75) is 12.6 Å². The van der Waals surface area contributed by atoms with Crippen LogP contribution < -0.4 is 0 Å². The van der Waals surface area contributed by atoms with E-state index in [1.807, 2.05) is 29.4 Å². The number of carbonyl (C=O) groups is 1. The number of nitrogens with zero attached hydrogens (tertiary/aromatic N) is 4. The number of aromatic nitrogens is 2. The Kier molecular flexibility index (Phi) is 3.27. The second-order valence-corrected chi connectivity index (χ2v) is 5.55. The molecule has 7 nitrogen and oxygen atoms in total. The van der Waals surface area contributed by atoms with Crippen LogP contribution in [0, 0.1) is 0 Å². The van der Waals surface area contributed by atoms with Crippen LogP contribution in [0.25, 0.3) is 11.6 Å². The number of carbonyl (C=O) groups excluding carboxylic acids is 1. The summed E-state index contributed by atoms with van der Waals surface area (Å²) in [7, 11) is 0. The minimum absolute atomic E-state index is 0.171. The molecule has 22 heavy (non-hydrogen) atoms. The number of fused-ring (bicyclic) bond motifs is 1. The van der Waals surface area contributed by atoms with E-state index >= 15 is 0 Å². The molecule has 114 valence electrons. The van der Waals surface area contributed by atoms with Crippen LogP contribution in [-0.2, 0) is 11.3 Å². The number of amides is 1. The highest BCUT2D eigenvalue weighted by atomic mass is 16.6. The molecule has 4 heterocycles. The van der Waals surface area contributed by atoms with Crippen LogP contribution in [0.2, 0.25) is 0 Å². The largest absolute Gasteiger partial charge is 0.461 e. The molecule has 0 saturated carbocycles. The van der Waals surface area contributed by atoms with Crippen molar-refractivity contribution >= 4 is 6.09 Å². The SMILES string of the molecule is O=C1OCC2CN(Cc3cnc(-c4ccco4)nc3)CCN12. The molecule has 1 amide bonds. The number of rotatable bonds is 3. The summed E-state index contributed by atoms with van der Waals surface area (Å²) in [5.41, 5.74) is 1.05. The summed E-state index contributed by atoms with van der Waals surface area (Å²) in [6.45, 7) is 3.65. The van der Waals surface area contributed by atoms with Gasteiger partial charge in [-0.25, -0.2) is 14.8 Å². The molecular weight excluding hydrogens is 284 g/mol. The quantitative estimate of drug-likeness (QED) is 0.852. The number of furan rings is 1. The first-order valence-electron chi connectivity index (χ1n) is 7.30. The maximum Gasteiger partial charge on any atom is 0.410 e. The van der Waals surface area contributed by atoms with E-state index in [4.69, 9.17) is 9.15 Å². The summed E-state index contributed by atoms with van der Waals surface area (Å²) >= 11 is 0. The predicted octanol–water partition coefficient (Wildman–Crippen LogP) is 1.37. The average Bonchev–Trinajstić information content (AvgIpc) is 3.19. The van der Waals surface area contributed by atoms with E-state index in [1.165, 1.54) is 0 Å². The van der Waals surface area contributed by atoms with Gasteiger partial charge in [0.25, 0.3) is 0 Å². The maximum absolute atomic E-state index is 11.5. The normalized spacial score (nSPS) is 21.7. The van der Waals surface area contributed by atoms with Gasteiger partial charge in [-0.3, -0.25) is 9.80 Å². The Labute approximate surface area is 127 Å². The van der Waals surface area contributed by atoms with Crippen LogP contribution in [0.3, 0.4) is 0 Å². The number of hydrogen-bond acceptors (Lipinski definition) is 6. The van der Waals surface area contributed by atoms with Crippen LogP contribution in [0.5, 0.6) is 0 Å². The fourth-order valence-electron chi connectivity index (χ4n) is 2.92. The molecule has 0 N–H and O–H groups in total. The van der Waals surface area contributed by atoms with Gasteiger partial charge in [0.15, 0.2) is 11.6 Å². The van der Waals surface area contributed by atoms with Crippen molar-refractivity contribution in [3.8, 4) is 11.6 Å². The van der Waals surface area contributed by atoms with Crippen molar-refractivity contribution < 1.29 is 13.9 Å². The smallest absolute Gasteiger partial charge is 0.410 e. The zero-order valence-corrected chi connectivity index (χ0v) is 12.0. The Morgan fingerprint density at radius 1 is 1.27 bits per heavy atom. The van der Waals surface area contributed by atoms with Gasteiger partial charge in [-0.1, -0.05) is 0 Å². The number of hydrogen-bond donors (Lipinski definition) is 0. The van der Waals surface area contributed by atoms with Crippen molar-refractivity contribution in [1.82, 2.24) is 19.8 Å². The van der Waals surface area contributed by atoms with E-state index in [2.05, 4.69) is 14.9 Å². The van der Waals surface area contributed by atoms with E-state index in [9.17, 15) is 4.79 Å². The molecule has 2 saturated heterocycles. The number of piperazine rings is 1. The Morgan fingerprint density at radius 3 is 2.91 bits per heavy atom. The Morgan fingerprint density at radius 2 is 2.14 bits per heavy atom. The molecule has 2 fully saturated rings. The molecule has 0 aromatic carbocycles. The Balaban J connectivity index is 1.40. The van der Waals surface area contributed by atoms with Gasteiger partial charge in [-0.15, -0.1) is 0 Å². The van der Waals surface area contributed by atoms with Gasteiger partial charge in [0.2, 0.25) is 0 Å². The van der Waals surface area contributed by atoms with E-state index < -0.39 is 0 Å². The first-order valence-corrected chi connectivity index (χ1v) is 7.30. The predicted molar refractivity (Wildman–Crippen MR) is 76.9 cm³/mol. The highest BCUT2D eigenvalue weighted by Gasteiger charge is 2.37. The second-order valence-electron chi connectivity index (χ2n) is 5.55. The lowest BCUT2D eigenvalue weighted by Crippen LogP contribution is -2.51. The van der Waals surface area contributed by atoms with Crippen LogP contribution in [0.15, 0.2) is 35.2 Å². The van der Waals surface area contributed by atoms with Crippen molar-refractivity contribution in [3.05, 3.63) is 36.4 Å². The lowest BCUT2D eigenvalue weighted by Gasteiger charge is -2.35. The fraction of sp³-hybridized carbons (Fsp3) is 0.400. The minimum atomic E-state index is -0.184. The molecule has 0 radical (unpaired) electrons. The minimum Gasteiger partial charge on any atom is -0.461 e. The molecule has 7 heteroatoms. The van der Waals surface area contributed by atoms with E-state index in [0.29, 0.717) is 18.2 Å². The summed E-state index contributed by atoms with van der Waals surface area (Å²) in [6, 6.07) is 3.83. The molecular formula is C15H16N4O3. The summed E-state index contributed by atoms with van der Waals surface area (Å²) < 4.78 is 10.4. The molecule has 2 aliphatic rings. The van der Waals surface area contributed by atoms with Gasteiger partial charge in [0, 0.05) is 44.1 Å². The maximum atomic E-state index is 11.5. The summed E-state index contributed by atoms with van der Waals surface area (Å²) in [5, 5.41) is 0. The van der Waals surface area contributed by atoms with Gasteiger partial charge >= 0.3 is 6.09 Å². The van der Waals surface area contributed by atoms with Gasteiger partial charge in [-0.05, 0) is 12.1 Å². The molecule has 0 aliphatic carbocycles. The van der Waals surface area contributed by atoms with E-state index in [-0.39, 0.29) is 12.1 Å². The Hall–Kier alpha value is -2.41. The Bertz CT molecular complexity index is 656. The topological polar surface area (TPSA) is 71.7 Å². The summed E-state index contributed by atoms with van der Waals surface area (Å²) in [4.78, 5) is 24.3. The number of cyclic esters (lactones) is 1. The third-order valence-electron chi connectivity index (χ3n) is 4.05. The van der Waals surface area contributed by atoms with Gasteiger partial charge in [-0.2, -0.15) is 0 Å². The first kappa shape index (κ1) is 13.3. The van der Waals surface area contributed by atoms with Crippen LogP contribution in [-0.4, -0.2) is 58.1 Å². The average molecular weight is 300 g/mol. The van der Waals surface area contributed by atoms with Crippen molar-refractivity contribution in [1.29, 1.82) is 0 Å². The molecule has 4 rings (SSSR count). The summed E-state index contributed by atoms with van der Waals surface area (Å²) in [6.07, 6.45) is 5.08. The second kappa shape index (κ2) is 5.42. The van der Waals surface area contributed by atoms with E-state index in [1.54, 1.807) is 6.26 Å². The van der Waals surface area contributed by atoms with Crippen molar-refractivity contribution in [2.24, 2.45) is 0 Å². The summed E-state index contributed by atoms with van der Waals surface area (Å²) in [5.74, 6) is 1.26. The first-order chi connectivity index (χ1) is 10.8. The van der Waals surface area contributed by atoms with E-state index in [0.717, 1.165) is 31.7 Å². The van der Waals surface area contributed by atoms with Crippen LogP contribution in [0.1, 0.15) is 5.56 Å². The van der Waals surface area contributed by atoms with Gasteiger partial charge in [0.05, 0.1) is 12.3 Å². The van der Waals surface area contributed by atoms with Crippen LogP contribution in [0.4, 0.5) is 4.79 Å². The standard InChI is InChI=1S/C15H16N4O3/c20-15-19-4-3-18(9-12(19)10-22-15)8-11-6-16-14(17-7-11)13-2-1-5-21-13/h1-2,5-7,12H,3-4,8-10H2. The van der Waals surface area contributed by atoms with Crippen molar-refractivity contribution in [3.63, 3.8) is 0 Å². The molecule has 2 aliphatic heterocycles. The highest BCUT2D eigenvalue weighted by molar-refractivity contribution is 5.70.